The summed E-state index contributed by atoms with van der Waals surface area (Å²) in [6, 6.07) is 21.6. The summed E-state index contributed by atoms with van der Waals surface area (Å²) in [5.74, 6) is 1.50. The second-order valence-corrected chi connectivity index (χ2v) is 9.05. The molecule has 7 heteroatoms. The molecule has 202 valence electrons. The average Bonchev–Trinajstić information content (AvgIpc) is 2.95. The number of methoxy groups -OCH3 is 3. The molecule has 0 aromatic heterocycles. The molecule has 0 spiro atoms. The second-order valence-electron chi connectivity index (χ2n) is 9.05. The van der Waals surface area contributed by atoms with Crippen molar-refractivity contribution in [1.29, 1.82) is 0 Å². The fourth-order valence-corrected chi connectivity index (χ4v) is 4.31. The Labute approximate surface area is 225 Å². The van der Waals surface area contributed by atoms with Crippen molar-refractivity contribution < 1.29 is 23.8 Å². The van der Waals surface area contributed by atoms with Crippen LogP contribution in [0.2, 0.25) is 0 Å². The van der Waals surface area contributed by atoms with Crippen molar-refractivity contribution in [3.63, 3.8) is 0 Å². The molecule has 1 atom stereocenters. The Kier molecular flexibility index (Phi) is 11.0. The molecule has 2 amide bonds. The summed E-state index contributed by atoms with van der Waals surface area (Å²) in [7, 11) is 4.75. The van der Waals surface area contributed by atoms with Gasteiger partial charge in [-0.1, -0.05) is 68.3 Å². The Balaban J connectivity index is 1.97. The summed E-state index contributed by atoms with van der Waals surface area (Å²) in [6.07, 6.45) is 3.08. The molecule has 0 saturated carbocycles. The molecule has 0 aliphatic rings. The van der Waals surface area contributed by atoms with Gasteiger partial charge in [-0.25, -0.2) is 0 Å². The van der Waals surface area contributed by atoms with Crippen LogP contribution in [0.5, 0.6) is 17.2 Å². The molecule has 0 saturated heterocycles. The number of nitrogens with one attached hydrogen (secondary N) is 1. The van der Waals surface area contributed by atoms with E-state index in [2.05, 4.69) is 12.2 Å². The fourth-order valence-electron chi connectivity index (χ4n) is 4.31. The molecular weight excluding hydrogens is 480 g/mol. The zero-order valence-corrected chi connectivity index (χ0v) is 22.7. The quantitative estimate of drug-likeness (QED) is 0.292. The van der Waals surface area contributed by atoms with Gasteiger partial charge in [0.05, 0.1) is 27.8 Å². The molecule has 3 aromatic carbocycles. The Morgan fingerprint density at radius 2 is 1.50 bits per heavy atom. The van der Waals surface area contributed by atoms with Crippen molar-refractivity contribution in [3.05, 3.63) is 89.5 Å². The van der Waals surface area contributed by atoms with Crippen LogP contribution in [0.15, 0.2) is 72.8 Å². The largest absolute Gasteiger partial charge is 0.497 e. The van der Waals surface area contributed by atoms with Gasteiger partial charge >= 0.3 is 0 Å². The van der Waals surface area contributed by atoms with Gasteiger partial charge < -0.3 is 24.4 Å². The van der Waals surface area contributed by atoms with Crippen LogP contribution in [-0.4, -0.2) is 44.6 Å². The van der Waals surface area contributed by atoms with Crippen LogP contribution in [0.4, 0.5) is 0 Å². The van der Waals surface area contributed by atoms with Gasteiger partial charge in [0.2, 0.25) is 11.8 Å². The van der Waals surface area contributed by atoms with Crippen LogP contribution in [0, 0.1) is 0 Å². The number of ether oxygens (including phenoxy) is 3. The van der Waals surface area contributed by atoms with Crippen LogP contribution in [0.3, 0.4) is 0 Å². The van der Waals surface area contributed by atoms with E-state index in [0.29, 0.717) is 18.0 Å². The van der Waals surface area contributed by atoms with Crippen LogP contribution >= 0.6 is 0 Å². The predicted molar refractivity (Wildman–Crippen MR) is 149 cm³/mol. The van der Waals surface area contributed by atoms with Crippen LogP contribution in [-0.2, 0) is 22.6 Å². The topological polar surface area (TPSA) is 77.1 Å². The molecule has 0 fully saturated rings. The molecular formula is C31H38N2O5. The van der Waals surface area contributed by atoms with Gasteiger partial charge in [0.1, 0.15) is 11.8 Å². The molecule has 1 N–H and O–H groups in total. The lowest BCUT2D eigenvalue weighted by Gasteiger charge is -2.32. The van der Waals surface area contributed by atoms with Gasteiger partial charge in [-0.3, -0.25) is 9.59 Å². The highest BCUT2D eigenvalue weighted by Gasteiger charge is 2.31. The smallest absolute Gasteiger partial charge is 0.247 e. The average molecular weight is 519 g/mol. The van der Waals surface area contributed by atoms with Gasteiger partial charge in [0.15, 0.2) is 11.5 Å². The third-order valence-corrected chi connectivity index (χ3v) is 6.39. The second kappa shape index (κ2) is 14.7. The number of amides is 2. The highest BCUT2D eigenvalue weighted by Crippen LogP contribution is 2.29. The maximum absolute atomic E-state index is 13.9. The molecule has 7 nitrogen and oxygen atoms in total. The lowest BCUT2D eigenvalue weighted by Crippen LogP contribution is -2.44. The number of unbranched alkanes of at least 4 members (excludes halogenated alkanes) is 2. The number of rotatable bonds is 14. The highest BCUT2D eigenvalue weighted by molar-refractivity contribution is 5.89. The van der Waals surface area contributed by atoms with Crippen molar-refractivity contribution in [2.24, 2.45) is 0 Å². The standard InChI is InChI=1S/C31H38N2O5/c1-5-6-10-19-32-31(35)30(25-11-8-7-9-12-25)33(22-23-13-16-26(36-2)17-14-23)29(34)21-24-15-18-27(37-3)28(20-24)38-4/h7-9,11-18,20,30H,5-6,10,19,21-22H2,1-4H3,(H,32,35). The molecule has 3 rings (SSSR count). The Morgan fingerprint density at radius 1 is 0.816 bits per heavy atom. The van der Waals surface area contributed by atoms with Gasteiger partial charge in [-0.15, -0.1) is 0 Å². The maximum atomic E-state index is 13.9. The summed E-state index contributed by atoms with van der Waals surface area (Å²) >= 11 is 0. The summed E-state index contributed by atoms with van der Waals surface area (Å²) in [6.45, 7) is 2.95. The minimum atomic E-state index is -0.785. The first-order valence-corrected chi connectivity index (χ1v) is 13.0. The van der Waals surface area contributed by atoms with E-state index in [-0.39, 0.29) is 24.8 Å². The number of hydrogen-bond donors (Lipinski definition) is 1. The summed E-state index contributed by atoms with van der Waals surface area (Å²) in [5, 5.41) is 3.06. The van der Waals surface area contributed by atoms with Crippen molar-refractivity contribution in [1.82, 2.24) is 10.2 Å². The van der Waals surface area contributed by atoms with E-state index in [1.54, 1.807) is 38.4 Å². The predicted octanol–water partition coefficient (Wildman–Crippen LogP) is 5.33. The molecule has 3 aromatic rings. The number of nitrogens with zero attached hydrogens (tertiary/aromatic N) is 1. The Bertz CT molecular complexity index is 1160. The first-order chi connectivity index (χ1) is 18.5. The minimum absolute atomic E-state index is 0.100. The van der Waals surface area contributed by atoms with Crippen LogP contribution in [0.25, 0.3) is 0 Å². The maximum Gasteiger partial charge on any atom is 0.247 e. The highest BCUT2D eigenvalue weighted by atomic mass is 16.5. The van der Waals surface area contributed by atoms with Crippen LogP contribution in [0.1, 0.15) is 48.9 Å². The van der Waals surface area contributed by atoms with E-state index in [0.717, 1.165) is 41.7 Å². The van der Waals surface area contributed by atoms with Crippen molar-refractivity contribution in [2.45, 2.75) is 45.2 Å². The molecule has 0 bridgehead atoms. The first kappa shape index (κ1) is 28.6. The lowest BCUT2D eigenvalue weighted by atomic mass is 10.0. The zero-order valence-electron chi connectivity index (χ0n) is 22.7. The summed E-state index contributed by atoms with van der Waals surface area (Å²) in [4.78, 5) is 29.2. The molecule has 38 heavy (non-hydrogen) atoms. The monoisotopic (exact) mass is 518 g/mol. The first-order valence-electron chi connectivity index (χ1n) is 13.0. The van der Waals surface area contributed by atoms with Gasteiger partial charge in [0.25, 0.3) is 0 Å². The number of benzene rings is 3. The number of carbonyl (C=O) groups is 2. The molecule has 0 heterocycles. The zero-order chi connectivity index (χ0) is 27.3. The molecule has 0 aliphatic heterocycles. The molecule has 1 unspecified atom stereocenters. The summed E-state index contributed by atoms with van der Waals surface area (Å²) < 4.78 is 16.1. The fraction of sp³-hybridized carbons (Fsp3) is 0.355. The number of hydrogen-bond acceptors (Lipinski definition) is 5. The van der Waals surface area contributed by atoms with E-state index >= 15 is 0 Å². The third-order valence-electron chi connectivity index (χ3n) is 6.39. The van der Waals surface area contributed by atoms with E-state index in [4.69, 9.17) is 14.2 Å². The van der Waals surface area contributed by atoms with Gasteiger partial charge in [0, 0.05) is 13.1 Å². The SMILES string of the molecule is CCCCCNC(=O)C(c1ccccc1)N(Cc1ccc(OC)cc1)C(=O)Cc1ccc(OC)c(OC)c1. The lowest BCUT2D eigenvalue weighted by molar-refractivity contribution is -0.141. The molecule has 0 aliphatic carbocycles. The van der Waals surface area contributed by atoms with Crippen LogP contribution < -0.4 is 19.5 Å². The van der Waals surface area contributed by atoms with Crippen molar-refractivity contribution in [3.8, 4) is 17.2 Å². The Morgan fingerprint density at radius 3 is 2.13 bits per heavy atom. The van der Waals surface area contributed by atoms with E-state index in [1.807, 2.05) is 60.7 Å². The van der Waals surface area contributed by atoms with Gasteiger partial charge in [-0.2, -0.15) is 0 Å². The van der Waals surface area contributed by atoms with Crippen molar-refractivity contribution >= 4 is 11.8 Å². The minimum Gasteiger partial charge on any atom is -0.497 e. The Hall–Kier alpha value is -4.00. The number of carbonyl (C=O) groups excluding carboxylic acids is 2. The van der Waals surface area contributed by atoms with Crippen molar-refractivity contribution in [2.75, 3.05) is 27.9 Å². The third kappa shape index (κ3) is 7.75. The van der Waals surface area contributed by atoms with E-state index < -0.39 is 6.04 Å². The van der Waals surface area contributed by atoms with Gasteiger partial charge in [-0.05, 0) is 47.4 Å². The van der Waals surface area contributed by atoms with E-state index in [1.165, 1.54) is 0 Å². The normalized spacial score (nSPS) is 11.4. The summed E-state index contributed by atoms with van der Waals surface area (Å²) in [5.41, 5.74) is 2.42. The molecule has 0 radical (unpaired) electrons. The van der Waals surface area contributed by atoms with E-state index in [9.17, 15) is 9.59 Å².